The van der Waals surface area contributed by atoms with Crippen LogP contribution in [0, 0.1) is 3.57 Å². The van der Waals surface area contributed by atoms with Gasteiger partial charge in [-0.3, -0.25) is 9.69 Å². The van der Waals surface area contributed by atoms with Gasteiger partial charge in [0.05, 0.1) is 26.8 Å². The number of amides is 1. The summed E-state index contributed by atoms with van der Waals surface area (Å²) in [5, 5.41) is 11.9. The van der Waals surface area contributed by atoms with Crippen LogP contribution in [0.3, 0.4) is 0 Å². The SMILES string of the molecule is COc1cc(/C=C2\SC(=Nc3ccc(C(=O)O)cc3)N(C)C2=O)cc(I)c1OCc1ccc2ccccc2c1. The zero-order valence-corrected chi connectivity index (χ0v) is 24.0. The number of amidine groups is 1. The van der Waals surface area contributed by atoms with Crippen molar-refractivity contribution >= 4 is 73.9 Å². The number of halogens is 1. The van der Waals surface area contributed by atoms with Gasteiger partial charge in [-0.05, 0) is 105 Å². The lowest BCUT2D eigenvalue weighted by Crippen LogP contribution is -2.23. The summed E-state index contributed by atoms with van der Waals surface area (Å²) in [5.74, 6) is 0.0392. The van der Waals surface area contributed by atoms with Crippen LogP contribution in [0.25, 0.3) is 16.8 Å². The van der Waals surface area contributed by atoms with E-state index in [4.69, 9.17) is 14.6 Å². The summed E-state index contributed by atoms with van der Waals surface area (Å²) >= 11 is 3.47. The number of carbonyl (C=O) groups is 2. The molecule has 0 aromatic heterocycles. The molecule has 9 heteroatoms. The quantitative estimate of drug-likeness (QED) is 0.172. The van der Waals surface area contributed by atoms with Crippen LogP contribution in [-0.2, 0) is 11.4 Å². The van der Waals surface area contributed by atoms with E-state index in [1.54, 1.807) is 32.4 Å². The average Bonchev–Trinajstić information content (AvgIpc) is 3.19. The predicted molar refractivity (Wildman–Crippen MR) is 163 cm³/mol. The van der Waals surface area contributed by atoms with Crippen molar-refractivity contribution in [2.24, 2.45) is 4.99 Å². The molecule has 0 radical (unpaired) electrons. The Balaban J connectivity index is 1.35. The molecule has 0 atom stereocenters. The van der Waals surface area contributed by atoms with E-state index in [0.717, 1.165) is 20.1 Å². The van der Waals surface area contributed by atoms with Gasteiger partial charge in [-0.2, -0.15) is 0 Å². The lowest BCUT2D eigenvalue weighted by atomic mass is 10.1. The van der Waals surface area contributed by atoms with E-state index in [1.807, 2.05) is 24.3 Å². The van der Waals surface area contributed by atoms with Gasteiger partial charge >= 0.3 is 5.97 Å². The summed E-state index contributed by atoms with van der Waals surface area (Å²) in [7, 11) is 3.25. The third-order valence-electron chi connectivity index (χ3n) is 6.09. The van der Waals surface area contributed by atoms with E-state index in [1.165, 1.54) is 34.2 Å². The van der Waals surface area contributed by atoms with Crippen molar-refractivity contribution in [1.29, 1.82) is 0 Å². The maximum Gasteiger partial charge on any atom is 0.335 e. The van der Waals surface area contributed by atoms with Gasteiger partial charge in [-0.1, -0.05) is 36.4 Å². The highest BCUT2D eigenvalue weighted by Crippen LogP contribution is 2.38. The van der Waals surface area contributed by atoms with Crippen molar-refractivity contribution in [3.05, 3.63) is 104 Å². The second-order valence-corrected chi connectivity index (χ2v) is 10.9. The minimum absolute atomic E-state index is 0.175. The molecule has 1 N–H and O–H groups in total. The number of rotatable bonds is 7. The summed E-state index contributed by atoms with van der Waals surface area (Å²) in [4.78, 5) is 30.5. The largest absolute Gasteiger partial charge is 0.493 e. The summed E-state index contributed by atoms with van der Waals surface area (Å²) in [6.45, 7) is 0.393. The number of thioether (sulfide) groups is 1. The number of benzene rings is 4. The van der Waals surface area contributed by atoms with Gasteiger partial charge in [0.1, 0.15) is 6.61 Å². The molecule has 39 heavy (non-hydrogen) atoms. The standard InChI is InChI=1S/C30H23IN2O5S/c1-33-28(34)26(39-30(33)32-23-11-9-21(10-12-23)29(35)36)16-19-14-24(31)27(25(15-19)37-2)38-17-18-7-8-20-5-3-4-6-22(20)13-18/h3-16H,17H2,1-2H3,(H,35,36)/b26-16-,32-30?. The molecule has 0 bridgehead atoms. The number of aromatic carboxylic acids is 1. The molecule has 1 saturated heterocycles. The first-order chi connectivity index (χ1) is 18.8. The van der Waals surface area contributed by atoms with Crippen molar-refractivity contribution in [3.63, 3.8) is 0 Å². The first kappa shape index (κ1) is 26.8. The number of aliphatic imine (C=N–C) groups is 1. The van der Waals surface area contributed by atoms with E-state index in [-0.39, 0.29) is 11.5 Å². The number of nitrogens with zero attached hydrogens (tertiary/aromatic N) is 2. The molecule has 1 aliphatic heterocycles. The van der Waals surface area contributed by atoms with Crippen LogP contribution in [-0.4, -0.2) is 41.2 Å². The molecule has 1 amide bonds. The highest BCUT2D eigenvalue weighted by atomic mass is 127. The first-order valence-electron chi connectivity index (χ1n) is 11.9. The zero-order valence-electron chi connectivity index (χ0n) is 21.1. The first-order valence-corrected chi connectivity index (χ1v) is 13.8. The molecule has 4 aromatic carbocycles. The number of carbonyl (C=O) groups excluding carboxylic acids is 1. The van der Waals surface area contributed by atoms with E-state index < -0.39 is 5.97 Å². The number of fused-ring (bicyclic) bond motifs is 1. The van der Waals surface area contributed by atoms with Crippen LogP contribution in [0.2, 0.25) is 0 Å². The minimum atomic E-state index is -1.00. The molecule has 196 valence electrons. The van der Waals surface area contributed by atoms with E-state index in [2.05, 4.69) is 57.9 Å². The van der Waals surface area contributed by atoms with Gasteiger partial charge in [-0.15, -0.1) is 0 Å². The van der Waals surface area contributed by atoms with Crippen molar-refractivity contribution in [2.45, 2.75) is 6.61 Å². The van der Waals surface area contributed by atoms with Crippen LogP contribution >= 0.6 is 34.4 Å². The minimum Gasteiger partial charge on any atom is -0.493 e. The maximum atomic E-state index is 12.9. The topological polar surface area (TPSA) is 88.4 Å². The highest BCUT2D eigenvalue weighted by Gasteiger charge is 2.30. The van der Waals surface area contributed by atoms with Crippen molar-refractivity contribution in [2.75, 3.05) is 14.2 Å². The molecule has 0 aliphatic carbocycles. The summed E-state index contributed by atoms with van der Waals surface area (Å²) in [6, 6.07) is 24.4. The Labute approximate surface area is 243 Å². The van der Waals surface area contributed by atoms with Crippen molar-refractivity contribution in [3.8, 4) is 11.5 Å². The fourth-order valence-electron chi connectivity index (χ4n) is 4.04. The zero-order chi connectivity index (χ0) is 27.5. The Morgan fingerprint density at radius 3 is 2.51 bits per heavy atom. The molecule has 5 rings (SSSR count). The monoisotopic (exact) mass is 650 g/mol. The van der Waals surface area contributed by atoms with Crippen molar-refractivity contribution < 1.29 is 24.2 Å². The van der Waals surface area contributed by atoms with Crippen molar-refractivity contribution in [1.82, 2.24) is 4.90 Å². The molecule has 0 unspecified atom stereocenters. The number of likely N-dealkylation sites (N-methyl/N-ethyl adjacent to an activating group) is 1. The molecule has 0 spiro atoms. The number of carboxylic acid groups (broad SMARTS) is 1. The van der Waals surface area contributed by atoms with E-state index in [0.29, 0.717) is 33.9 Å². The number of ether oxygens (including phenoxy) is 2. The van der Waals surface area contributed by atoms with Gasteiger partial charge in [-0.25, -0.2) is 9.79 Å². The molecule has 4 aromatic rings. The van der Waals surface area contributed by atoms with Gasteiger partial charge in [0.15, 0.2) is 16.7 Å². The van der Waals surface area contributed by atoms with Crippen LogP contribution in [0.1, 0.15) is 21.5 Å². The average molecular weight is 650 g/mol. The number of hydrogen-bond donors (Lipinski definition) is 1. The van der Waals surface area contributed by atoms with Crippen LogP contribution in [0.15, 0.2) is 88.8 Å². The lowest BCUT2D eigenvalue weighted by molar-refractivity contribution is -0.121. The highest BCUT2D eigenvalue weighted by molar-refractivity contribution is 14.1. The third kappa shape index (κ3) is 5.94. The Hall–Kier alpha value is -3.83. The fourth-order valence-corrected chi connectivity index (χ4v) is 5.81. The number of carboxylic acids is 1. The van der Waals surface area contributed by atoms with Crippen LogP contribution < -0.4 is 9.47 Å². The predicted octanol–water partition coefficient (Wildman–Crippen LogP) is 6.96. The summed E-state index contributed by atoms with van der Waals surface area (Å²) in [6.07, 6.45) is 1.80. The van der Waals surface area contributed by atoms with E-state index in [9.17, 15) is 9.59 Å². The van der Waals surface area contributed by atoms with Gasteiger partial charge in [0, 0.05) is 7.05 Å². The Bertz CT molecular complexity index is 1650. The molecule has 7 nitrogen and oxygen atoms in total. The normalized spacial score (nSPS) is 15.4. The van der Waals surface area contributed by atoms with Gasteiger partial charge in [0.2, 0.25) is 0 Å². The smallest absolute Gasteiger partial charge is 0.335 e. The summed E-state index contributed by atoms with van der Waals surface area (Å²) in [5.41, 5.74) is 2.59. The molecule has 1 fully saturated rings. The Morgan fingerprint density at radius 1 is 1.05 bits per heavy atom. The third-order valence-corrected chi connectivity index (χ3v) is 7.95. The second-order valence-electron chi connectivity index (χ2n) is 8.73. The molecule has 0 saturated carbocycles. The van der Waals surface area contributed by atoms with Crippen LogP contribution in [0.5, 0.6) is 11.5 Å². The van der Waals surface area contributed by atoms with Crippen LogP contribution in [0.4, 0.5) is 5.69 Å². The van der Waals surface area contributed by atoms with Gasteiger partial charge < -0.3 is 14.6 Å². The molecular weight excluding hydrogens is 627 g/mol. The molecule has 1 aliphatic rings. The Morgan fingerprint density at radius 2 is 1.79 bits per heavy atom. The molecular formula is C30H23IN2O5S. The second kappa shape index (κ2) is 11.5. The number of methoxy groups -OCH3 is 1. The lowest BCUT2D eigenvalue weighted by Gasteiger charge is -2.14. The Kier molecular flexibility index (Phi) is 7.89. The maximum absolute atomic E-state index is 12.9. The van der Waals surface area contributed by atoms with Gasteiger partial charge in [0.25, 0.3) is 5.91 Å². The summed E-state index contributed by atoms with van der Waals surface area (Å²) < 4.78 is 12.7. The molecule has 1 heterocycles. The fraction of sp³-hybridized carbons (Fsp3) is 0.100. The number of hydrogen-bond acceptors (Lipinski definition) is 6. The van der Waals surface area contributed by atoms with E-state index >= 15 is 0 Å².